The van der Waals surface area contributed by atoms with Gasteiger partial charge in [-0.2, -0.15) is 0 Å². The molecule has 0 saturated carbocycles. The molecule has 2 aromatic rings. The van der Waals surface area contributed by atoms with E-state index in [1.54, 1.807) is 0 Å². The van der Waals surface area contributed by atoms with Gasteiger partial charge in [0.2, 0.25) is 0 Å². The van der Waals surface area contributed by atoms with Crippen molar-refractivity contribution in [1.82, 2.24) is 4.90 Å². The van der Waals surface area contributed by atoms with E-state index in [0.29, 0.717) is 4.44 Å². The summed E-state index contributed by atoms with van der Waals surface area (Å²) in [6, 6.07) is 21.8. The van der Waals surface area contributed by atoms with Gasteiger partial charge in [-0.05, 0) is 0 Å². The van der Waals surface area contributed by atoms with Gasteiger partial charge >= 0.3 is 155 Å². The van der Waals surface area contributed by atoms with Crippen molar-refractivity contribution in [3.05, 3.63) is 71.8 Å². The van der Waals surface area contributed by atoms with E-state index in [2.05, 4.69) is 79.7 Å². The van der Waals surface area contributed by atoms with Crippen LogP contribution in [0.15, 0.2) is 60.7 Å². The van der Waals surface area contributed by atoms with E-state index in [0.717, 1.165) is 38.5 Å². The second-order valence-corrected chi connectivity index (χ2v) is 37.2. The average molecular weight is 411 g/mol. The predicted molar refractivity (Wildman–Crippen MR) is 105 cm³/mol. The van der Waals surface area contributed by atoms with Crippen molar-refractivity contribution in [1.29, 1.82) is 0 Å². The van der Waals surface area contributed by atoms with Crippen molar-refractivity contribution in [2.24, 2.45) is 0 Å². The van der Waals surface area contributed by atoms with Crippen LogP contribution in [0, 0.1) is 0 Å². The molecule has 3 heteroatoms. The SMILES string of the molecule is CN(C)[C]12[CH]3[CH]4[CH]5[C]1(C(O)(c1ccccc1)c1ccccc1)[Fe]43521678[CH]2[CH]1[CH]6[CH]7[CH]28. The summed E-state index contributed by atoms with van der Waals surface area (Å²) in [5.74, 6) is 0. The Morgan fingerprint density at radius 1 is 0.750 bits per heavy atom. The summed E-state index contributed by atoms with van der Waals surface area (Å²) < 4.78 is 0.720. The van der Waals surface area contributed by atoms with Crippen LogP contribution in [0.2, 0.25) is 42.8 Å². The zero-order valence-electron chi connectivity index (χ0n) is 16.1. The molecule has 10 fully saturated rings. The van der Waals surface area contributed by atoms with Crippen molar-refractivity contribution in [3.63, 3.8) is 0 Å². The van der Waals surface area contributed by atoms with Crippen LogP contribution in [-0.4, -0.2) is 28.5 Å². The molecule has 1 spiro atoms. The first-order valence-electron chi connectivity index (χ1n) is 11.1. The Labute approximate surface area is 155 Å². The Bertz CT molecular complexity index is 1540. The molecule has 28 heavy (non-hydrogen) atoms. The van der Waals surface area contributed by atoms with Gasteiger partial charge < -0.3 is 0 Å². The summed E-state index contributed by atoms with van der Waals surface area (Å²) in [4.78, 5) is 11.8. The van der Waals surface area contributed by atoms with Crippen LogP contribution in [0.3, 0.4) is 0 Å². The number of hydrogen-bond donors (Lipinski definition) is 1. The van der Waals surface area contributed by atoms with Crippen LogP contribution >= 0.6 is 0 Å². The van der Waals surface area contributed by atoms with E-state index in [1.165, 1.54) is 11.1 Å². The van der Waals surface area contributed by atoms with E-state index in [1.807, 2.05) is 0 Å². The molecular weight excluding hydrogens is 386 g/mol. The number of rotatable bonds is 4. The van der Waals surface area contributed by atoms with Crippen LogP contribution in [0.5, 0.6) is 0 Å². The van der Waals surface area contributed by atoms with Crippen molar-refractivity contribution in [2.45, 2.75) is 52.9 Å². The minimum atomic E-state index is -3.81. The van der Waals surface area contributed by atoms with Crippen molar-refractivity contribution < 1.29 is 11.6 Å². The molecule has 10 aliphatic rings. The van der Waals surface area contributed by atoms with Gasteiger partial charge in [-0.15, -0.1) is 0 Å². The summed E-state index contributed by atoms with van der Waals surface area (Å²) in [7, 11) is 4.80. The van der Waals surface area contributed by atoms with Crippen LogP contribution < -0.4 is 0 Å². The zero-order valence-corrected chi connectivity index (χ0v) is 17.2. The number of fused-ring (bicyclic) bond motifs is 10. The summed E-state index contributed by atoms with van der Waals surface area (Å²) in [5, 5.41) is 13.2. The predicted octanol–water partition coefficient (Wildman–Crippen LogP) is 5.15. The molecule has 0 bridgehead atoms. The van der Waals surface area contributed by atoms with Crippen molar-refractivity contribution >= 4 is 0 Å². The second-order valence-electron chi connectivity index (χ2n) is 14.0. The molecule has 1 N–H and O–H groups in total. The Kier molecular flexibility index (Phi) is 0.653. The molecule has 0 aliphatic carbocycles. The van der Waals surface area contributed by atoms with Crippen LogP contribution in [0.25, 0.3) is 0 Å². The molecule has 5 unspecified atom stereocenters. The van der Waals surface area contributed by atoms with Gasteiger partial charge in [-0.1, -0.05) is 0 Å². The molecule has 144 valence electrons. The number of benzene rings is 2. The van der Waals surface area contributed by atoms with Gasteiger partial charge in [0.05, 0.1) is 0 Å². The monoisotopic (exact) mass is 411 g/mol. The molecule has 2 aromatic carbocycles. The Morgan fingerprint density at radius 2 is 1.21 bits per heavy atom. The molecule has 10 aliphatic heterocycles. The van der Waals surface area contributed by atoms with Gasteiger partial charge in [0.25, 0.3) is 0 Å². The third-order valence-electron chi connectivity index (χ3n) is 18.3. The molecule has 10 heterocycles. The molecule has 0 amide bonds. The summed E-state index contributed by atoms with van der Waals surface area (Å²) in [5.41, 5.74) is 1.61. The maximum absolute atomic E-state index is 13.2. The first kappa shape index (κ1) is 12.5. The third kappa shape index (κ3) is 0.196. The van der Waals surface area contributed by atoms with E-state index in [9.17, 15) is 5.11 Å². The molecule has 5 atom stereocenters. The second kappa shape index (κ2) is 1.46. The fourth-order valence-electron chi connectivity index (χ4n) is 20.7. The Hall–Kier alpha value is -1.12. The van der Waals surface area contributed by atoms with Crippen LogP contribution in [0.1, 0.15) is 11.1 Å². The number of hydrogen-bond acceptors (Lipinski definition) is 2. The normalized spacial score (nSPS) is 80.3. The van der Waals surface area contributed by atoms with Gasteiger partial charge in [-0.3, -0.25) is 0 Å². The van der Waals surface area contributed by atoms with Gasteiger partial charge in [0.15, 0.2) is 0 Å². The number of aliphatic hydroxyl groups is 1. The quantitative estimate of drug-likeness (QED) is 0.704. The van der Waals surface area contributed by atoms with E-state index in [4.69, 9.17) is 0 Å². The van der Waals surface area contributed by atoms with Crippen molar-refractivity contribution in [3.8, 4) is 0 Å². The molecular formula is C25H25FeNO. The topological polar surface area (TPSA) is 23.5 Å². The summed E-state index contributed by atoms with van der Waals surface area (Å²) >= 11 is 0. The van der Waals surface area contributed by atoms with E-state index >= 15 is 0 Å². The first-order chi connectivity index (χ1) is 13.3. The summed E-state index contributed by atoms with van der Waals surface area (Å²) in [6.07, 6.45) is 0. The Morgan fingerprint density at radius 3 is 1.54 bits per heavy atom. The fraction of sp³-hybridized carbons (Fsp3) is 0.520. The van der Waals surface area contributed by atoms with Crippen LogP contribution in [-0.2, 0) is 12.1 Å². The molecule has 10 saturated heterocycles. The van der Waals surface area contributed by atoms with Gasteiger partial charge in [-0.25, -0.2) is 0 Å². The minimum absolute atomic E-state index is 0.255. The van der Waals surface area contributed by atoms with E-state index in [-0.39, 0.29) is 4.31 Å². The Balaban J connectivity index is 1.35. The molecule has 0 aromatic heterocycles. The number of nitrogens with zero attached hydrogens (tertiary/aromatic N) is 1. The maximum atomic E-state index is 13.2. The molecule has 12 rings (SSSR count). The fourth-order valence-corrected chi connectivity index (χ4v) is 98.2. The average Bonchev–Trinajstić information content (AvgIpc) is 3.67. The third-order valence-corrected chi connectivity index (χ3v) is 61.2. The van der Waals surface area contributed by atoms with Gasteiger partial charge in [0, 0.05) is 0 Å². The van der Waals surface area contributed by atoms with Gasteiger partial charge in [0.1, 0.15) is 0 Å². The summed E-state index contributed by atoms with van der Waals surface area (Å²) in [6.45, 7) is -3.81. The molecule has 0 radical (unpaired) electrons. The zero-order chi connectivity index (χ0) is 18.2. The van der Waals surface area contributed by atoms with Crippen molar-refractivity contribution in [2.75, 3.05) is 14.1 Å². The van der Waals surface area contributed by atoms with E-state index < -0.39 is 12.1 Å². The standard InChI is InChI=1S/C20H20NO.C5H5.Fe/c1-21(2)19-15-9-14-18(19)20(22,16-10-5-3-6-11-16)17-12-7-4-8-13-17;1-2-4-5-3-1;/h3-15,22H,1-2H3;1-5H;. The van der Waals surface area contributed by atoms with Crippen LogP contribution in [0.4, 0.5) is 0 Å². The first-order valence-corrected chi connectivity index (χ1v) is 17.3. The molecule has 2 nitrogen and oxygen atoms in total.